The third kappa shape index (κ3) is 5.14. The first kappa shape index (κ1) is 22.2. The maximum Gasteiger partial charge on any atom is 0.123 e. The first-order valence-corrected chi connectivity index (χ1v) is 11.7. The van der Waals surface area contributed by atoms with Crippen LogP contribution in [0.3, 0.4) is 0 Å². The summed E-state index contributed by atoms with van der Waals surface area (Å²) in [5, 5.41) is 0. The van der Waals surface area contributed by atoms with Gasteiger partial charge in [0.25, 0.3) is 0 Å². The molecule has 0 N–H and O–H groups in total. The molecule has 30 heavy (non-hydrogen) atoms. The monoisotopic (exact) mass is 420 g/mol. The number of thioether (sulfide) groups is 1. The Morgan fingerprint density at radius 1 is 1.00 bits per heavy atom. The van der Waals surface area contributed by atoms with Crippen molar-refractivity contribution < 1.29 is 8.81 Å². The minimum atomic E-state index is -0.157. The molecule has 0 saturated heterocycles. The van der Waals surface area contributed by atoms with E-state index in [0.29, 0.717) is 0 Å². The van der Waals surface area contributed by atoms with Crippen molar-refractivity contribution in [3.8, 4) is 0 Å². The van der Waals surface area contributed by atoms with E-state index in [1.165, 1.54) is 27.2 Å². The van der Waals surface area contributed by atoms with E-state index in [1.807, 2.05) is 18.2 Å². The van der Waals surface area contributed by atoms with Crippen LogP contribution in [0.4, 0.5) is 4.39 Å². The van der Waals surface area contributed by atoms with Crippen molar-refractivity contribution in [3.05, 3.63) is 94.7 Å². The van der Waals surface area contributed by atoms with Crippen molar-refractivity contribution in [2.45, 2.75) is 44.9 Å². The summed E-state index contributed by atoms with van der Waals surface area (Å²) >= 11 is 1.75. The molecular formula is C27H29FOS. The van der Waals surface area contributed by atoms with Gasteiger partial charge < -0.3 is 4.42 Å². The Bertz CT molecular complexity index is 1030. The molecule has 156 valence electrons. The van der Waals surface area contributed by atoms with E-state index >= 15 is 0 Å². The number of fused-ring (bicyclic) bond motifs is 1. The summed E-state index contributed by atoms with van der Waals surface area (Å²) in [6.07, 6.45) is 9.05. The van der Waals surface area contributed by atoms with E-state index in [1.54, 1.807) is 30.2 Å². The fraction of sp³-hybridized carbons (Fsp3) is 0.259. The van der Waals surface area contributed by atoms with Crippen molar-refractivity contribution in [1.82, 2.24) is 0 Å². The molecule has 0 radical (unpaired) electrons. The van der Waals surface area contributed by atoms with E-state index in [9.17, 15) is 4.39 Å². The highest BCUT2D eigenvalue weighted by atomic mass is 32.2. The molecule has 1 aliphatic carbocycles. The van der Waals surface area contributed by atoms with Crippen molar-refractivity contribution in [3.63, 3.8) is 0 Å². The molecule has 3 aromatic rings. The molecule has 3 heteroatoms. The van der Waals surface area contributed by atoms with Gasteiger partial charge in [-0.3, -0.25) is 0 Å². The lowest BCUT2D eigenvalue weighted by Crippen LogP contribution is -1.87. The predicted molar refractivity (Wildman–Crippen MR) is 128 cm³/mol. The Morgan fingerprint density at radius 3 is 2.33 bits per heavy atom. The zero-order chi connectivity index (χ0) is 21.5. The lowest BCUT2D eigenvalue weighted by Gasteiger charge is -2.05. The van der Waals surface area contributed by atoms with Crippen LogP contribution in [0.1, 0.15) is 56.1 Å². The summed E-state index contributed by atoms with van der Waals surface area (Å²) in [4.78, 5) is 1.26. The van der Waals surface area contributed by atoms with Gasteiger partial charge in [-0.15, -0.1) is 11.8 Å². The van der Waals surface area contributed by atoms with E-state index in [0.717, 1.165) is 36.1 Å². The fourth-order valence-corrected chi connectivity index (χ4v) is 4.11. The summed E-state index contributed by atoms with van der Waals surface area (Å²) in [7, 11) is 0. The third-order valence-electron chi connectivity index (χ3n) is 5.31. The van der Waals surface area contributed by atoms with Crippen LogP contribution in [0.5, 0.6) is 0 Å². The van der Waals surface area contributed by atoms with Gasteiger partial charge in [0.15, 0.2) is 0 Å². The molecule has 0 bridgehead atoms. The number of aryl methyl sites for hydroxylation is 1. The van der Waals surface area contributed by atoms with Gasteiger partial charge in [-0.2, -0.15) is 0 Å². The Balaban J connectivity index is 0.000000310. The minimum Gasteiger partial charge on any atom is -0.469 e. The SMILES string of the molecule is CCCC1=C(C)/C(=C/c2ccc(SC)cc2)c2ccc(F)cc21.CCc1ccco1. The second kappa shape index (κ2) is 10.5. The predicted octanol–water partition coefficient (Wildman–Crippen LogP) is 8.52. The summed E-state index contributed by atoms with van der Waals surface area (Å²) in [5.41, 5.74) is 7.19. The van der Waals surface area contributed by atoms with Crippen molar-refractivity contribution in [1.29, 1.82) is 0 Å². The summed E-state index contributed by atoms with van der Waals surface area (Å²) in [6.45, 7) is 6.39. The molecule has 0 saturated carbocycles. The Hall–Kier alpha value is -2.52. The zero-order valence-corrected chi connectivity index (χ0v) is 19.0. The highest BCUT2D eigenvalue weighted by Gasteiger charge is 2.23. The zero-order valence-electron chi connectivity index (χ0n) is 18.2. The fourth-order valence-electron chi connectivity index (χ4n) is 3.71. The number of hydrogen-bond acceptors (Lipinski definition) is 2. The average Bonchev–Trinajstić information content (AvgIpc) is 3.38. The highest BCUT2D eigenvalue weighted by molar-refractivity contribution is 7.98. The summed E-state index contributed by atoms with van der Waals surface area (Å²) in [5.74, 6) is 0.899. The highest BCUT2D eigenvalue weighted by Crippen LogP contribution is 2.44. The number of allylic oxidation sites excluding steroid dienone is 3. The van der Waals surface area contributed by atoms with Crippen LogP contribution < -0.4 is 0 Å². The molecule has 0 spiro atoms. The molecule has 2 aromatic carbocycles. The van der Waals surface area contributed by atoms with Gasteiger partial charge in [-0.25, -0.2) is 4.39 Å². The second-order valence-electron chi connectivity index (χ2n) is 7.31. The van der Waals surface area contributed by atoms with E-state index in [-0.39, 0.29) is 5.82 Å². The molecule has 0 atom stereocenters. The van der Waals surface area contributed by atoms with Gasteiger partial charge in [-0.1, -0.05) is 38.5 Å². The molecule has 0 unspecified atom stereocenters. The molecule has 0 amide bonds. The lowest BCUT2D eigenvalue weighted by molar-refractivity contribution is 0.516. The van der Waals surface area contributed by atoms with Crippen molar-refractivity contribution in [2.75, 3.05) is 6.26 Å². The molecule has 1 aromatic heterocycles. The molecule has 4 rings (SSSR count). The van der Waals surface area contributed by atoms with Gasteiger partial charge in [0.2, 0.25) is 0 Å². The minimum absolute atomic E-state index is 0.157. The smallest absolute Gasteiger partial charge is 0.123 e. The maximum atomic E-state index is 13.7. The van der Waals surface area contributed by atoms with Crippen molar-refractivity contribution in [2.24, 2.45) is 0 Å². The van der Waals surface area contributed by atoms with Crippen LogP contribution in [0.25, 0.3) is 17.2 Å². The van der Waals surface area contributed by atoms with Gasteiger partial charge in [0, 0.05) is 11.3 Å². The van der Waals surface area contributed by atoms with Crippen LogP contribution >= 0.6 is 11.8 Å². The maximum absolute atomic E-state index is 13.7. The normalized spacial score (nSPS) is 14.0. The summed E-state index contributed by atoms with van der Waals surface area (Å²) in [6, 6.07) is 17.6. The Kier molecular flexibility index (Phi) is 7.75. The van der Waals surface area contributed by atoms with Gasteiger partial charge in [0.05, 0.1) is 6.26 Å². The number of furan rings is 1. The molecule has 1 aliphatic rings. The molecular weight excluding hydrogens is 391 g/mol. The first-order valence-electron chi connectivity index (χ1n) is 10.5. The first-order chi connectivity index (χ1) is 14.6. The van der Waals surface area contributed by atoms with E-state index in [2.05, 4.69) is 57.4 Å². The number of halogens is 1. The number of rotatable bonds is 5. The lowest BCUT2D eigenvalue weighted by atomic mass is 10.0. The van der Waals surface area contributed by atoms with Gasteiger partial charge in [0.1, 0.15) is 11.6 Å². The molecule has 1 heterocycles. The molecule has 0 fully saturated rings. The average molecular weight is 421 g/mol. The van der Waals surface area contributed by atoms with Gasteiger partial charge >= 0.3 is 0 Å². The second-order valence-corrected chi connectivity index (χ2v) is 8.19. The standard InChI is InChI=1S/C21H21FS.C6H8O/c1-4-5-18-14(2)20(19-11-8-16(22)13-21(18)19)12-15-6-9-17(23-3)10-7-15;1-2-6-4-3-5-7-6/h6-13H,4-5H2,1-3H3;3-5H,2H2,1H3/b20-12-;. The molecule has 0 aliphatic heterocycles. The molecule has 1 nitrogen and oxygen atoms in total. The quantitative estimate of drug-likeness (QED) is 0.384. The van der Waals surface area contributed by atoms with E-state index < -0.39 is 0 Å². The summed E-state index contributed by atoms with van der Waals surface area (Å²) < 4.78 is 18.7. The van der Waals surface area contributed by atoms with Crippen molar-refractivity contribution >= 4 is 29.0 Å². The largest absolute Gasteiger partial charge is 0.469 e. The Labute approximate surface area is 183 Å². The van der Waals surface area contributed by atoms with Crippen LogP contribution in [-0.2, 0) is 6.42 Å². The topological polar surface area (TPSA) is 13.1 Å². The van der Waals surface area contributed by atoms with Gasteiger partial charge in [-0.05, 0) is 95.5 Å². The van der Waals surface area contributed by atoms with Crippen LogP contribution in [0.2, 0.25) is 0 Å². The number of benzene rings is 2. The Morgan fingerprint density at radius 2 is 1.77 bits per heavy atom. The van der Waals surface area contributed by atoms with Crippen LogP contribution in [-0.4, -0.2) is 6.26 Å². The van der Waals surface area contributed by atoms with Crippen LogP contribution in [0.15, 0.2) is 75.7 Å². The van der Waals surface area contributed by atoms with Crippen LogP contribution in [0, 0.1) is 5.82 Å². The van der Waals surface area contributed by atoms with E-state index in [4.69, 9.17) is 4.42 Å². The third-order valence-corrected chi connectivity index (χ3v) is 6.05. The number of hydrogen-bond donors (Lipinski definition) is 0.